The quantitative estimate of drug-likeness (QED) is 0.733. The first-order valence-electron chi connectivity index (χ1n) is 10.7. The predicted octanol–water partition coefficient (Wildman–Crippen LogP) is 3.33. The van der Waals surface area contributed by atoms with E-state index in [1.54, 1.807) is 6.07 Å². The van der Waals surface area contributed by atoms with Crippen LogP contribution >= 0.6 is 22.9 Å². The first-order valence-corrected chi connectivity index (χ1v) is 13.4. The Kier molecular flexibility index (Phi) is 6.85. The molecule has 1 aliphatic heterocycles. The highest BCUT2D eigenvalue weighted by Gasteiger charge is 2.34. The minimum absolute atomic E-state index is 0.0324. The van der Waals surface area contributed by atoms with Crippen LogP contribution in [-0.2, 0) is 14.8 Å². The van der Waals surface area contributed by atoms with Crippen LogP contribution in [0, 0.1) is 5.92 Å². The van der Waals surface area contributed by atoms with Crippen molar-refractivity contribution in [1.29, 1.82) is 0 Å². The number of amides is 1. The number of thiophene rings is 1. The Balaban J connectivity index is 1.24. The Hall–Kier alpha value is -0.670. The molecule has 0 atom stereocenters. The molecule has 2 saturated carbocycles. The first-order chi connectivity index (χ1) is 13.9. The number of hydrogen-bond acceptors (Lipinski definition) is 5. The van der Waals surface area contributed by atoms with Gasteiger partial charge in [-0.3, -0.25) is 9.69 Å². The normalized spacial score (nSPS) is 27.4. The maximum Gasteiger partial charge on any atom is 0.250 e. The third-order valence-corrected chi connectivity index (χ3v) is 9.92. The third-order valence-electron chi connectivity index (χ3n) is 6.68. The average Bonchev–Trinajstić information content (AvgIpc) is 3.40. The summed E-state index contributed by atoms with van der Waals surface area (Å²) in [6.07, 6.45) is 8.22. The second kappa shape index (κ2) is 9.22. The molecule has 0 bridgehead atoms. The van der Waals surface area contributed by atoms with Crippen molar-refractivity contribution >= 4 is 38.9 Å². The smallest absolute Gasteiger partial charge is 0.250 e. The molecule has 4 rings (SSSR count). The second-order valence-electron chi connectivity index (χ2n) is 8.53. The van der Waals surface area contributed by atoms with E-state index in [1.807, 2.05) is 4.90 Å². The van der Waals surface area contributed by atoms with Crippen LogP contribution in [0.1, 0.15) is 51.4 Å². The molecule has 1 aromatic rings. The molecule has 0 unspecified atom stereocenters. The molecular weight excluding hydrogens is 430 g/mol. The van der Waals surface area contributed by atoms with Gasteiger partial charge >= 0.3 is 0 Å². The van der Waals surface area contributed by atoms with Gasteiger partial charge in [-0.1, -0.05) is 24.4 Å². The highest BCUT2D eigenvalue weighted by Crippen LogP contribution is 2.30. The monoisotopic (exact) mass is 459 g/mol. The Bertz CT molecular complexity index is 807. The number of nitrogens with one attached hydrogen (secondary N) is 1. The van der Waals surface area contributed by atoms with Crippen LogP contribution in [-0.4, -0.2) is 62.4 Å². The average molecular weight is 460 g/mol. The molecule has 0 spiro atoms. The van der Waals surface area contributed by atoms with E-state index in [0.717, 1.165) is 56.4 Å². The maximum absolute atomic E-state index is 13.0. The molecule has 1 N–H and O–H groups in total. The zero-order chi connectivity index (χ0) is 20.4. The minimum atomic E-state index is -3.53. The fourth-order valence-electron chi connectivity index (χ4n) is 5.01. The molecule has 3 aliphatic rings. The van der Waals surface area contributed by atoms with Crippen LogP contribution in [0.25, 0.3) is 0 Å². The summed E-state index contributed by atoms with van der Waals surface area (Å²) in [5.41, 5.74) is 0. The van der Waals surface area contributed by atoms with Gasteiger partial charge in [0.25, 0.3) is 0 Å². The molecule has 0 aromatic carbocycles. The van der Waals surface area contributed by atoms with Crippen molar-refractivity contribution in [3.8, 4) is 0 Å². The van der Waals surface area contributed by atoms with Gasteiger partial charge in [-0.25, -0.2) is 13.1 Å². The van der Waals surface area contributed by atoms with E-state index in [4.69, 9.17) is 11.6 Å². The molecule has 29 heavy (non-hydrogen) atoms. The van der Waals surface area contributed by atoms with Crippen molar-refractivity contribution in [2.45, 2.75) is 67.7 Å². The van der Waals surface area contributed by atoms with Gasteiger partial charge in [0.05, 0.1) is 4.34 Å². The molecule has 0 radical (unpaired) electrons. The number of sulfonamides is 1. The summed E-state index contributed by atoms with van der Waals surface area (Å²) in [7, 11) is -3.53. The fourth-order valence-corrected chi connectivity index (χ4v) is 7.82. The van der Waals surface area contributed by atoms with Crippen LogP contribution in [0.4, 0.5) is 0 Å². The Morgan fingerprint density at radius 1 is 1.00 bits per heavy atom. The van der Waals surface area contributed by atoms with Crippen LogP contribution in [0.3, 0.4) is 0 Å². The highest BCUT2D eigenvalue weighted by atomic mass is 35.5. The lowest BCUT2D eigenvalue weighted by molar-refractivity contribution is -0.138. The fraction of sp³-hybridized carbons (Fsp3) is 0.750. The molecule has 1 saturated heterocycles. The van der Waals surface area contributed by atoms with Crippen molar-refractivity contribution in [3.63, 3.8) is 0 Å². The van der Waals surface area contributed by atoms with Crippen molar-refractivity contribution in [2.24, 2.45) is 5.92 Å². The number of rotatable bonds is 5. The maximum atomic E-state index is 13.0. The second-order valence-corrected chi connectivity index (χ2v) is 12.2. The number of piperazine rings is 1. The molecule has 6 nitrogen and oxygen atoms in total. The van der Waals surface area contributed by atoms with E-state index in [-0.39, 0.29) is 22.1 Å². The lowest BCUT2D eigenvalue weighted by atomic mass is 9.85. The van der Waals surface area contributed by atoms with Crippen LogP contribution < -0.4 is 4.72 Å². The van der Waals surface area contributed by atoms with E-state index in [1.165, 1.54) is 31.7 Å². The van der Waals surface area contributed by atoms with E-state index >= 15 is 0 Å². The van der Waals surface area contributed by atoms with Crippen molar-refractivity contribution in [2.75, 3.05) is 26.2 Å². The van der Waals surface area contributed by atoms with Crippen LogP contribution in [0.15, 0.2) is 16.3 Å². The number of halogens is 1. The van der Waals surface area contributed by atoms with E-state index in [0.29, 0.717) is 17.2 Å². The molecule has 2 heterocycles. The molecule has 9 heteroatoms. The topological polar surface area (TPSA) is 69.7 Å². The summed E-state index contributed by atoms with van der Waals surface area (Å²) in [4.78, 5) is 17.6. The van der Waals surface area contributed by atoms with Gasteiger partial charge in [-0.15, -0.1) is 11.3 Å². The van der Waals surface area contributed by atoms with Gasteiger partial charge < -0.3 is 4.90 Å². The largest absolute Gasteiger partial charge is 0.340 e. The molecule has 1 aromatic heterocycles. The number of hydrogen-bond donors (Lipinski definition) is 1. The first kappa shape index (κ1) is 21.6. The summed E-state index contributed by atoms with van der Waals surface area (Å²) >= 11 is 6.93. The van der Waals surface area contributed by atoms with E-state index < -0.39 is 10.0 Å². The van der Waals surface area contributed by atoms with Gasteiger partial charge in [-0.05, 0) is 50.7 Å². The van der Waals surface area contributed by atoms with Crippen LogP contribution in [0.2, 0.25) is 4.34 Å². The molecular formula is C20H30ClN3O3S2. The van der Waals surface area contributed by atoms with Crippen molar-refractivity contribution in [1.82, 2.24) is 14.5 Å². The van der Waals surface area contributed by atoms with Gasteiger partial charge in [0.15, 0.2) is 0 Å². The third kappa shape index (κ3) is 5.15. The summed E-state index contributed by atoms with van der Waals surface area (Å²) < 4.78 is 28.5. The zero-order valence-electron chi connectivity index (χ0n) is 16.7. The van der Waals surface area contributed by atoms with Gasteiger partial charge in [-0.2, -0.15) is 0 Å². The lowest BCUT2D eigenvalue weighted by Gasteiger charge is -2.40. The summed E-state index contributed by atoms with van der Waals surface area (Å²) in [6, 6.07) is 3.76. The van der Waals surface area contributed by atoms with Gasteiger partial charge in [0.1, 0.15) is 4.21 Å². The Morgan fingerprint density at radius 2 is 1.66 bits per heavy atom. The predicted molar refractivity (Wildman–Crippen MR) is 116 cm³/mol. The number of nitrogens with zero attached hydrogens (tertiary/aromatic N) is 2. The molecule has 3 fully saturated rings. The van der Waals surface area contributed by atoms with E-state index in [2.05, 4.69) is 9.62 Å². The standard InChI is InChI=1S/C20H30ClN3O3S2/c21-18-9-10-19(28-18)29(26,27)22-16-7-5-15(6-8-16)20(25)24-13-11-23(12-14-24)17-3-1-2-4-17/h9-10,15-17,22H,1-8,11-14H2. The Morgan fingerprint density at radius 3 is 2.24 bits per heavy atom. The van der Waals surface area contributed by atoms with Gasteiger partial charge in [0.2, 0.25) is 15.9 Å². The van der Waals surface area contributed by atoms with Crippen molar-refractivity contribution in [3.05, 3.63) is 16.5 Å². The molecule has 2 aliphatic carbocycles. The van der Waals surface area contributed by atoms with Crippen LogP contribution in [0.5, 0.6) is 0 Å². The minimum Gasteiger partial charge on any atom is -0.340 e. The summed E-state index contributed by atoms with van der Waals surface area (Å²) in [5.74, 6) is 0.299. The summed E-state index contributed by atoms with van der Waals surface area (Å²) in [6.45, 7) is 3.66. The molecule has 162 valence electrons. The highest BCUT2D eigenvalue weighted by molar-refractivity contribution is 7.91. The van der Waals surface area contributed by atoms with E-state index in [9.17, 15) is 13.2 Å². The summed E-state index contributed by atoms with van der Waals surface area (Å²) in [5, 5.41) is 0. The number of carbonyl (C=O) groups excluding carboxylic acids is 1. The lowest BCUT2D eigenvalue weighted by Crippen LogP contribution is -2.53. The number of carbonyl (C=O) groups is 1. The SMILES string of the molecule is O=C(C1CCC(NS(=O)(=O)c2ccc(Cl)s2)CC1)N1CCN(C2CCCC2)CC1. The molecule has 1 amide bonds. The Labute approximate surface area is 182 Å². The van der Waals surface area contributed by atoms with Crippen molar-refractivity contribution < 1.29 is 13.2 Å². The van der Waals surface area contributed by atoms with Gasteiger partial charge in [0, 0.05) is 44.2 Å². The zero-order valence-corrected chi connectivity index (χ0v) is 19.1.